The summed E-state index contributed by atoms with van der Waals surface area (Å²) in [5.41, 5.74) is -0.528. The molecule has 0 bridgehead atoms. The van der Waals surface area contributed by atoms with Crippen molar-refractivity contribution in [1.82, 2.24) is 9.80 Å². The summed E-state index contributed by atoms with van der Waals surface area (Å²) in [4.78, 5) is 26.9. The number of amides is 1. The number of carbonyl (C=O) groups excluding carboxylic acids is 1. The molecule has 0 radical (unpaired) electrons. The van der Waals surface area contributed by atoms with Gasteiger partial charge in [0.25, 0.3) is 0 Å². The quantitative estimate of drug-likeness (QED) is 0.861. The predicted molar refractivity (Wildman–Crippen MR) is 80.3 cm³/mol. The van der Waals surface area contributed by atoms with Gasteiger partial charge in [-0.3, -0.25) is 9.69 Å². The van der Waals surface area contributed by atoms with Gasteiger partial charge < -0.3 is 14.7 Å². The molecule has 1 heterocycles. The van der Waals surface area contributed by atoms with Crippen LogP contribution in [0.1, 0.15) is 47.5 Å². The van der Waals surface area contributed by atoms with Gasteiger partial charge in [0.05, 0.1) is 6.54 Å². The first-order valence-corrected chi connectivity index (χ1v) is 7.55. The maximum absolute atomic E-state index is 12.4. The standard InChI is InChI=1S/C15H28N2O4/c1-11(2)17(14(20)21-15(3,4)5)12-7-6-8-16(9-12)10-13(18)19/h11-12H,6-10H2,1-5H3,(H,18,19)/t12-/m1/s1. The molecule has 0 spiro atoms. The molecule has 0 aromatic rings. The van der Waals surface area contributed by atoms with E-state index in [-0.39, 0.29) is 24.7 Å². The Morgan fingerprint density at radius 1 is 1.38 bits per heavy atom. The Kier molecular flexibility index (Phi) is 6.01. The normalized spacial score (nSPS) is 20.4. The van der Waals surface area contributed by atoms with E-state index in [0.717, 1.165) is 19.4 Å². The number of rotatable bonds is 4. The summed E-state index contributed by atoms with van der Waals surface area (Å²) in [6, 6.07) is 0.0302. The van der Waals surface area contributed by atoms with Gasteiger partial charge in [0.15, 0.2) is 0 Å². The molecular formula is C15H28N2O4. The molecule has 0 saturated carbocycles. The highest BCUT2D eigenvalue weighted by atomic mass is 16.6. The van der Waals surface area contributed by atoms with E-state index in [1.165, 1.54) is 0 Å². The number of piperidine rings is 1. The Bertz CT molecular complexity index is 376. The molecule has 122 valence electrons. The minimum Gasteiger partial charge on any atom is -0.480 e. The van der Waals surface area contributed by atoms with E-state index in [1.807, 2.05) is 39.5 Å². The summed E-state index contributed by atoms with van der Waals surface area (Å²) in [6.45, 7) is 10.8. The van der Waals surface area contributed by atoms with Crippen molar-refractivity contribution in [2.75, 3.05) is 19.6 Å². The van der Waals surface area contributed by atoms with Crippen LogP contribution < -0.4 is 0 Å². The fourth-order valence-electron chi connectivity index (χ4n) is 2.69. The third kappa shape index (κ3) is 5.91. The summed E-state index contributed by atoms with van der Waals surface area (Å²) < 4.78 is 5.48. The van der Waals surface area contributed by atoms with Crippen LogP contribution in [0.2, 0.25) is 0 Å². The smallest absolute Gasteiger partial charge is 0.410 e. The van der Waals surface area contributed by atoms with Gasteiger partial charge in [-0.1, -0.05) is 0 Å². The molecule has 6 heteroatoms. The van der Waals surface area contributed by atoms with E-state index in [0.29, 0.717) is 6.54 Å². The van der Waals surface area contributed by atoms with Gasteiger partial charge >= 0.3 is 12.1 Å². The molecule has 1 aliphatic rings. The van der Waals surface area contributed by atoms with E-state index in [9.17, 15) is 9.59 Å². The van der Waals surface area contributed by atoms with Gasteiger partial charge in [-0.05, 0) is 54.0 Å². The van der Waals surface area contributed by atoms with Crippen LogP contribution in [0.5, 0.6) is 0 Å². The maximum Gasteiger partial charge on any atom is 0.410 e. The summed E-state index contributed by atoms with van der Waals surface area (Å²) in [7, 11) is 0. The fourth-order valence-corrected chi connectivity index (χ4v) is 2.69. The molecule has 1 atom stereocenters. The second kappa shape index (κ2) is 7.11. The molecule has 1 rings (SSSR count). The lowest BCUT2D eigenvalue weighted by molar-refractivity contribution is -0.138. The number of hydrogen-bond donors (Lipinski definition) is 1. The Balaban J connectivity index is 2.75. The van der Waals surface area contributed by atoms with Gasteiger partial charge in [0, 0.05) is 18.6 Å². The van der Waals surface area contributed by atoms with Crippen LogP contribution in [0.15, 0.2) is 0 Å². The molecule has 0 unspecified atom stereocenters. The zero-order valence-electron chi connectivity index (χ0n) is 13.8. The molecule has 0 aromatic carbocycles. The molecule has 0 aliphatic carbocycles. The van der Waals surface area contributed by atoms with Crippen molar-refractivity contribution in [3.05, 3.63) is 0 Å². The van der Waals surface area contributed by atoms with E-state index in [1.54, 1.807) is 4.90 Å². The predicted octanol–water partition coefficient (Wildman–Crippen LogP) is 2.18. The molecule has 1 aliphatic heterocycles. The molecular weight excluding hydrogens is 272 g/mol. The van der Waals surface area contributed by atoms with Crippen molar-refractivity contribution < 1.29 is 19.4 Å². The van der Waals surface area contributed by atoms with Crippen LogP contribution >= 0.6 is 0 Å². The average molecular weight is 300 g/mol. The zero-order chi connectivity index (χ0) is 16.2. The number of carboxylic acids is 1. The van der Waals surface area contributed by atoms with Gasteiger partial charge in [0.2, 0.25) is 0 Å². The monoisotopic (exact) mass is 300 g/mol. The van der Waals surface area contributed by atoms with E-state index < -0.39 is 11.6 Å². The molecule has 1 amide bonds. The van der Waals surface area contributed by atoms with E-state index in [4.69, 9.17) is 9.84 Å². The van der Waals surface area contributed by atoms with Crippen molar-refractivity contribution in [2.45, 2.75) is 65.1 Å². The Morgan fingerprint density at radius 3 is 2.48 bits per heavy atom. The number of ether oxygens (including phenoxy) is 1. The summed E-state index contributed by atoms with van der Waals surface area (Å²) in [6.07, 6.45) is 1.46. The SMILES string of the molecule is CC(C)N(C(=O)OC(C)(C)C)[C@@H]1CCCN(CC(=O)O)C1. The second-order valence-electron chi connectivity index (χ2n) is 6.91. The van der Waals surface area contributed by atoms with Crippen LogP contribution in [0, 0.1) is 0 Å². The molecule has 21 heavy (non-hydrogen) atoms. The Labute approximate surface area is 127 Å². The maximum atomic E-state index is 12.4. The third-order valence-electron chi connectivity index (χ3n) is 3.39. The number of nitrogens with zero attached hydrogens (tertiary/aromatic N) is 2. The average Bonchev–Trinajstić information content (AvgIpc) is 2.25. The van der Waals surface area contributed by atoms with Crippen LogP contribution in [-0.4, -0.2) is 64.3 Å². The van der Waals surface area contributed by atoms with Gasteiger partial charge in [-0.2, -0.15) is 0 Å². The first kappa shape index (κ1) is 17.8. The van der Waals surface area contributed by atoms with Crippen molar-refractivity contribution in [1.29, 1.82) is 0 Å². The Morgan fingerprint density at radius 2 is 2.00 bits per heavy atom. The highest BCUT2D eigenvalue weighted by Crippen LogP contribution is 2.21. The number of hydrogen-bond acceptors (Lipinski definition) is 4. The molecule has 0 aromatic heterocycles. The van der Waals surface area contributed by atoms with E-state index >= 15 is 0 Å². The zero-order valence-corrected chi connectivity index (χ0v) is 13.8. The minimum absolute atomic E-state index is 0.00736. The van der Waals surface area contributed by atoms with Crippen molar-refractivity contribution >= 4 is 12.1 Å². The molecule has 6 nitrogen and oxygen atoms in total. The second-order valence-corrected chi connectivity index (χ2v) is 6.91. The molecule has 1 N–H and O–H groups in total. The highest BCUT2D eigenvalue weighted by Gasteiger charge is 2.33. The largest absolute Gasteiger partial charge is 0.480 e. The number of aliphatic carboxylic acids is 1. The molecule has 1 fully saturated rings. The number of likely N-dealkylation sites (tertiary alicyclic amines) is 1. The van der Waals surface area contributed by atoms with Crippen molar-refractivity contribution in [3.8, 4) is 0 Å². The van der Waals surface area contributed by atoms with Crippen LogP contribution in [0.25, 0.3) is 0 Å². The van der Waals surface area contributed by atoms with Crippen LogP contribution in [0.3, 0.4) is 0 Å². The lowest BCUT2D eigenvalue weighted by Crippen LogP contribution is -2.54. The topological polar surface area (TPSA) is 70.1 Å². The first-order valence-electron chi connectivity index (χ1n) is 7.55. The lowest BCUT2D eigenvalue weighted by atomic mass is 10.0. The number of carbonyl (C=O) groups is 2. The lowest BCUT2D eigenvalue weighted by Gasteiger charge is -2.41. The number of carboxylic acid groups (broad SMARTS) is 1. The minimum atomic E-state index is -0.830. The van der Waals surface area contributed by atoms with Crippen LogP contribution in [-0.2, 0) is 9.53 Å². The molecule has 1 saturated heterocycles. The first-order chi connectivity index (χ1) is 9.60. The van der Waals surface area contributed by atoms with Gasteiger partial charge in [0.1, 0.15) is 5.60 Å². The van der Waals surface area contributed by atoms with Crippen molar-refractivity contribution in [3.63, 3.8) is 0 Å². The van der Waals surface area contributed by atoms with Crippen molar-refractivity contribution in [2.24, 2.45) is 0 Å². The highest BCUT2D eigenvalue weighted by molar-refractivity contribution is 5.70. The summed E-state index contributed by atoms with van der Waals surface area (Å²) in [5.74, 6) is -0.830. The third-order valence-corrected chi connectivity index (χ3v) is 3.39. The van der Waals surface area contributed by atoms with Crippen LogP contribution in [0.4, 0.5) is 4.79 Å². The fraction of sp³-hybridized carbons (Fsp3) is 0.867. The summed E-state index contributed by atoms with van der Waals surface area (Å²) >= 11 is 0. The van der Waals surface area contributed by atoms with Gasteiger partial charge in [-0.25, -0.2) is 4.79 Å². The van der Waals surface area contributed by atoms with Gasteiger partial charge in [-0.15, -0.1) is 0 Å². The van der Waals surface area contributed by atoms with E-state index in [2.05, 4.69) is 0 Å². The summed E-state index contributed by atoms with van der Waals surface area (Å²) in [5, 5.41) is 8.91. The Hall–Kier alpha value is -1.30.